The molecule has 0 aromatic heterocycles. The van der Waals surface area contributed by atoms with E-state index in [0.717, 1.165) is 0 Å². The first-order valence-electron chi connectivity index (χ1n) is 3.41. The third-order valence-corrected chi connectivity index (χ3v) is 2.42. The van der Waals surface area contributed by atoms with Crippen LogP contribution in [0.3, 0.4) is 0 Å². The predicted octanol–water partition coefficient (Wildman–Crippen LogP) is 3.52. The topological polar surface area (TPSA) is 35.5 Å². The molecule has 3 nitrogen and oxygen atoms in total. The van der Waals surface area contributed by atoms with E-state index in [1.807, 2.05) is 0 Å². The molecule has 76 valence electrons. The summed E-state index contributed by atoms with van der Waals surface area (Å²) in [4.78, 5) is 0. The second kappa shape index (κ2) is 9.90. The van der Waals surface area contributed by atoms with Gasteiger partial charge in [-0.05, 0) is 13.8 Å². The molecule has 0 aromatic rings. The van der Waals surface area contributed by atoms with Gasteiger partial charge in [-0.2, -0.15) is 0 Å². The standard InChI is InChI=1S/C5H10F2O3P.HI.Zn/c1-3-9-11(8,5(6)7)10-4-2;;/h3-4H2,1-2H3;1H;/q-1;;+2/p-1. The van der Waals surface area contributed by atoms with Crippen molar-refractivity contribution in [2.45, 2.75) is 13.8 Å². The molecule has 0 N–H and O–H groups in total. The molecule has 0 fully saturated rings. The molecule has 13 heavy (non-hydrogen) atoms. The van der Waals surface area contributed by atoms with Crippen LogP contribution in [0.15, 0.2) is 0 Å². The number of halogens is 3. The van der Waals surface area contributed by atoms with E-state index in [1.165, 1.54) is 28.6 Å². The van der Waals surface area contributed by atoms with E-state index < -0.39 is 13.8 Å². The normalized spacial score (nSPS) is 11.1. The van der Waals surface area contributed by atoms with Gasteiger partial charge in [-0.25, -0.2) is 0 Å². The molecule has 0 spiro atoms. The summed E-state index contributed by atoms with van der Waals surface area (Å²) in [5, 5.41) is 0. The molecule has 8 heteroatoms. The third kappa shape index (κ3) is 7.31. The average molecular weight is 379 g/mol. The molecule has 0 saturated carbocycles. The maximum atomic E-state index is 11.9. The van der Waals surface area contributed by atoms with Gasteiger partial charge < -0.3 is 17.8 Å². The quantitative estimate of drug-likeness (QED) is 0.317. The summed E-state index contributed by atoms with van der Waals surface area (Å²) in [6.07, 6.45) is -2.29. The fraction of sp³-hybridized carbons (Fsp3) is 0.800. The van der Waals surface area contributed by atoms with Crippen molar-refractivity contribution in [1.29, 1.82) is 0 Å². The van der Waals surface area contributed by atoms with E-state index in [-0.39, 0.29) is 13.2 Å². The van der Waals surface area contributed by atoms with Gasteiger partial charge in [-0.15, -0.1) is 0 Å². The molecule has 0 saturated heterocycles. The van der Waals surface area contributed by atoms with Crippen molar-refractivity contribution in [1.82, 2.24) is 0 Å². The zero-order valence-electron chi connectivity index (χ0n) is 7.43. The van der Waals surface area contributed by atoms with Crippen LogP contribution in [0.4, 0.5) is 8.78 Å². The molecule has 0 aliphatic carbocycles. The van der Waals surface area contributed by atoms with Gasteiger partial charge in [-0.3, -0.25) is 4.57 Å². The Balaban J connectivity index is 0. The molecule has 0 radical (unpaired) electrons. The first kappa shape index (κ1) is 16.8. The predicted molar refractivity (Wildman–Crippen MR) is 50.3 cm³/mol. The summed E-state index contributed by atoms with van der Waals surface area (Å²) in [5.74, 6) is 0. The van der Waals surface area contributed by atoms with Gasteiger partial charge in [0.2, 0.25) is 7.60 Å². The van der Waals surface area contributed by atoms with Crippen molar-refractivity contribution in [2.75, 3.05) is 13.2 Å². The molecule has 0 aliphatic heterocycles. The maximum absolute atomic E-state index is 11.9. The summed E-state index contributed by atoms with van der Waals surface area (Å²) in [7, 11) is -4.21. The molecule has 0 bridgehead atoms. The van der Waals surface area contributed by atoms with Crippen molar-refractivity contribution in [2.24, 2.45) is 0 Å². The van der Waals surface area contributed by atoms with Crippen LogP contribution in [0.5, 0.6) is 0 Å². The monoisotopic (exact) mass is 378 g/mol. The fourth-order valence-corrected chi connectivity index (χ4v) is 1.42. The van der Waals surface area contributed by atoms with Gasteiger partial charge in [0.1, 0.15) is 6.17 Å². The van der Waals surface area contributed by atoms with Gasteiger partial charge in [0, 0.05) is 0 Å². The Labute approximate surface area is 97.3 Å². The molecule has 0 aliphatic rings. The Bertz CT molecular complexity index is 151. The fourth-order valence-electron chi connectivity index (χ4n) is 0.475. The SMILES string of the molecule is CCOP(=O)(OCC)[C-](F)F.[Zn+][I]. The number of hydrogen-bond acceptors (Lipinski definition) is 3. The second-order valence-corrected chi connectivity index (χ2v) is 3.42. The van der Waals surface area contributed by atoms with E-state index in [1.54, 1.807) is 0 Å². The van der Waals surface area contributed by atoms with Crippen LogP contribution < -0.4 is 0 Å². The minimum atomic E-state index is -4.21. The van der Waals surface area contributed by atoms with Gasteiger partial charge in [0.15, 0.2) is 0 Å². The van der Waals surface area contributed by atoms with E-state index >= 15 is 0 Å². The van der Waals surface area contributed by atoms with Crippen LogP contribution in [0, 0.1) is 6.17 Å². The van der Waals surface area contributed by atoms with Crippen molar-refractivity contribution in [3.05, 3.63) is 6.17 Å². The molecular formula is C5H10F2IO3PZn. The van der Waals surface area contributed by atoms with Crippen molar-refractivity contribution in [3.63, 3.8) is 0 Å². The summed E-state index contributed by atoms with van der Waals surface area (Å²) < 4.78 is 43.2. The summed E-state index contributed by atoms with van der Waals surface area (Å²) in [6, 6.07) is 0. The Kier molecular flexibility index (Phi) is 12.8. The van der Waals surface area contributed by atoms with Crippen molar-refractivity contribution < 1.29 is 37.2 Å². The second-order valence-electron chi connectivity index (χ2n) is 1.57. The van der Waals surface area contributed by atoms with Crippen LogP contribution in [-0.4, -0.2) is 13.2 Å². The summed E-state index contributed by atoms with van der Waals surface area (Å²) >= 11 is 3.62. The van der Waals surface area contributed by atoms with Crippen molar-refractivity contribution >= 4 is 27.3 Å². The van der Waals surface area contributed by atoms with Crippen LogP contribution in [0.1, 0.15) is 13.8 Å². The van der Waals surface area contributed by atoms with Crippen LogP contribution >= 0.6 is 27.3 Å². The zero-order chi connectivity index (χ0) is 10.9. The van der Waals surface area contributed by atoms with E-state index in [2.05, 4.69) is 28.8 Å². The van der Waals surface area contributed by atoms with Crippen molar-refractivity contribution in [3.8, 4) is 0 Å². The molecule has 0 heterocycles. The Hall–Kier alpha value is 1.36. The van der Waals surface area contributed by atoms with E-state index in [4.69, 9.17) is 0 Å². The first-order chi connectivity index (χ1) is 6.06. The van der Waals surface area contributed by atoms with Gasteiger partial charge in [0.05, 0.1) is 13.2 Å². The van der Waals surface area contributed by atoms with E-state index in [0.29, 0.717) is 0 Å². The molecule has 0 amide bonds. The van der Waals surface area contributed by atoms with E-state index in [9.17, 15) is 13.3 Å². The zero-order valence-corrected chi connectivity index (χ0v) is 13.4. The Morgan fingerprint density at radius 3 is 1.77 bits per heavy atom. The van der Waals surface area contributed by atoms with Crippen LogP contribution in [-0.2, 0) is 28.4 Å². The summed E-state index contributed by atoms with van der Waals surface area (Å²) in [5.41, 5.74) is 0. The molecule has 0 aromatic carbocycles. The number of hydrogen-bond donors (Lipinski definition) is 0. The first-order valence-corrected chi connectivity index (χ1v) is 14.0. The third-order valence-electron chi connectivity index (χ3n) is 0.805. The van der Waals surface area contributed by atoms with Crippen LogP contribution in [0.2, 0.25) is 0 Å². The average Bonchev–Trinajstić information content (AvgIpc) is 2.08. The molecule has 0 atom stereocenters. The molecule has 0 unspecified atom stereocenters. The number of rotatable bonds is 5. The van der Waals surface area contributed by atoms with Crippen LogP contribution in [0.25, 0.3) is 0 Å². The summed E-state index contributed by atoms with van der Waals surface area (Å²) in [6.45, 7) is 2.81. The van der Waals surface area contributed by atoms with Gasteiger partial charge in [-0.1, -0.05) is 0 Å². The Morgan fingerprint density at radius 2 is 1.62 bits per heavy atom. The molecular weight excluding hydrogens is 369 g/mol. The Morgan fingerprint density at radius 1 is 1.31 bits per heavy atom. The minimum absolute atomic E-state index is 0.0609. The van der Waals surface area contributed by atoms with Gasteiger partial charge in [0.25, 0.3) is 0 Å². The van der Waals surface area contributed by atoms with Gasteiger partial charge >= 0.3 is 34.5 Å². The molecule has 0 rings (SSSR count).